The first kappa shape index (κ1) is 45.1. The number of ether oxygens (including phenoxy) is 1. The average Bonchev–Trinajstić information content (AvgIpc) is 3.67. The number of aromatic nitrogens is 2. The minimum atomic E-state index is -2.55. The number of amides is 2. The zero-order chi connectivity index (χ0) is 45.0. The first-order valence-corrected chi connectivity index (χ1v) is 25.2. The summed E-state index contributed by atoms with van der Waals surface area (Å²) in [5.41, 5.74) is 5.84. The fourth-order valence-electron chi connectivity index (χ4n) is 9.52. The second-order valence-corrected chi connectivity index (χ2v) is 21.1. The molecule has 1 atom stereocenters. The molecule has 0 spiro atoms. The lowest BCUT2D eigenvalue weighted by molar-refractivity contribution is -0.136. The molecule has 3 saturated heterocycles. The highest BCUT2D eigenvalue weighted by Crippen LogP contribution is 2.41. The third-order valence-electron chi connectivity index (χ3n) is 13.0. The van der Waals surface area contributed by atoms with E-state index < -0.39 is 13.2 Å². The van der Waals surface area contributed by atoms with Gasteiger partial charge in [-0.3, -0.25) is 19.8 Å². The minimum Gasteiger partial charge on any atom is -0.494 e. The van der Waals surface area contributed by atoms with Gasteiger partial charge in [-0.25, -0.2) is 9.78 Å². The van der Waals surface area contributed by atoms with Crippen LogP contribution in [-0.4, -0.2) is 134 Å². The number of nitrogens with zero attached hydrogens (tertiary/aromatic N) is 7. The molecule has 3 fully saturated rings. The number of benzene rings is 3. The van der Waals surface area contributed by atoms with E-state index >= 15 is 0 Å². The van der Waals surface area contributed by atoms with Crippen LogP contribution in [0.15, 0.2) is 66.9 Å². The molecule has 4 aliphatic heterocycles. The number of carbonyl (C=O) groups is 2. The summed E-state index contributed by atoms with van der Waals surface area (Å²) in [5.74, 6) is 2.91. The molecule has 0 saturated carbocycles. The topological polar surface area (TPSA) is 156 Å². The van der Waals surface area contributed by atoms with Crippen LogP contribution >= 0.6 is 18.7 Å². The van der Waals surface area contributed by atoms with Crippen molar-refractivity contribution in [3.8, 4) is 5.75 Å². The Morgan fingerprint density at radius 3 is 2.47 bits per heavy atom. The molecule has 1 aromatic heterocycles. The van der Waals surface area contributed by atoms with Crippen LogP contribution in [0.4, 0.5) is 34.5 Å². The van der Waals surface area contributed by atoms with E-state index in [0.29, 0.717) is 52.9 Å². The van der Waals surface area contributed by atoms with E-state index in [1.807, 2.05) is 47.4 Å². The molecular weight excluding hydrogens is 851 g/mol. The smallest absolute Gasteiger partial charge is 0.249 e. The Hall–Kier alpha value is -5.43. The summed E-state index contributed by atoms with van der Waals surface area (Å²) in [4.78, 5) is 57.4. The van der Waals surface area contributed by atoms with Crippen LogP contribution in [0.1, 0.15) is 49.7 Å². The number of para-hydroxylation sites is 1. The summed E-state index contributed by atoms with van der Waals surface area (Å²) in [5, 5.41) is 10.0. The summed E-state index contributed by atoms with van der Waals surface area (Å²) in [6, 6.07) is 19.6. The van der Waals surface area contributed by atoms with Crippen molar-refractivity contribution in [1.29, 1.82) is 0 Å². The maximum Gasteiger partial charge on any atom is 0.249 e. The van der Waals surface area contributed by atoms with Crippen LogP contribution in [0.25, 0.3) is 5.70 Å². The van der Waals surface area contributed by atoms with Crippen molar-refractivity contribution in [2.45, 2.75) is 57.2 Å². The Morgan fingerprint density at radius 2 is 1.73 bits per heavy atom. The highest BCUT2D eigenvalue weighted by Gasteiger charge is 2.39. The van der Waals surface area contributed by atoms with E-state index in [1.54, 1.807) is 20.4 Å². The predicted octanol–water partition coefficient (Wildman–Crippen LogP) is 6.17. The van der Waals surface area contributed by atoms with Gasteiger partial charge in [0.15, 0.2) is 11.8 Å². The van der Waals surface area contributed by atoms with Gasteiger partial charge in [0.2, 0.25) is 17.8 Å². The summed E-state index contributed by atoms with van der Waals surface area (Å²) in [7, 11) is 1.21. The van der Waals surface area contributed by atoms with Crippen molar-refractivity contribution in [3.05, 3.63) is 83.0 Å². The van der Waals surface area contributed by atoms with E-state index in [2.05, 4.69) is 76.7 Å². The summed E-state index contributed by atoms with van der Waals surface area (Å²) >= 11 is 6.50. The van der Waals surface area contributed by atoms with Crippen LogP contribution in [0.2, 0.25) is 5.02 Å². The van der Waals surface area contributed by atoms with Crippen LogP contribution in [-0.2, 0) is 25.5 Å². The minimum absolute atomic E-state index is 0.261. The molecule has 3 aromatic carbocycles. The third-order valence-corrected chi connectivity index (χ3v) is 14.8. The number of carbonyl (C=O) groups excluding carboxylic acids is 3. The molecular formula is C47H58ClN10O5P. The van der Waals surface area contributed by atoms with E-state index in [-0.39, 0.29) is 18.2 Å². The number of rotatable bonds is 15. The van der Waals surface area contributed by atoms with Gasteiger partial charge in [-0.05, 0) is 82.3 Å². The standard InChI is InChI=1S/C47H58ClN10O5P/c1-54(39-12-9-10-34-35(39)30-58(41(34)31-59)40-16-17-44(60)52-46(40)61)20-7-8-21-55-24-26-57(27-25-55)32-18-22-56(23-19-32)33-14-15-37(42(28-33)63-2)51-47-49-29-36(48)45(53-47)50-38-11-5-6-13-43(38)64(3,4)62/h5-6,9-15,28-29,32,40H,7-8,16-27,30H2,1-4H3,(H,52,60,61)(H2,49,50,51,53). The van der Waals surface area contributed by atoms with Crippen LogP contribution < -0.4 is 35.8 Å². The van der Waals surface area contributed by atoms with Gasteiger partial charge >= 0.3 is 0 Å². The number of halogens is 1. The van der Waals surface area contributed by atoms with Gasteiger partial charge in [-0.1, -0.05) is 35.9 Å². The van der Waals surface area contributed by atoms with Crippen molar-refractivity contribution in [2.75, 3.05) is 100 Å². The maximum absolute atomic E-state index is 12.9. The quantitative estimate of drug-likeness (QED) is 0.0539. The molecule has 8 rings (SSSR count). The molecule has 4 aromatic rings. The lowest BCUT2D eigenvalue weighted by atomic mass is 10.0. The number of piperazine rings is 1. The number of nitrogens with one attached hydrogen (secondary N) is 3. The van der Waals surface area contributed by atoms with Crippen molar-refractivity contribution in [3.63, 3.8) is 0 Å². The van der Waals surface area contributed by atoms with Crippen molar-refractivity contribution in [1.82, 2.24) is 30.0 Å². The predicted molar refractivity (Wildman–Crippen MR) is 255 cm³/mol. The number of imide groups is 1. The Kier molecular flexibility index (Phi) is 13.9. The highest BCUT2D eigenvalue weighted by molar-refractivity contribution is 7.70. The number of unbranched alkanes of at least 4 members (excludes halogenated alkanes) is 1. The first-order valence-electron chi connectivity index (χ1n) is 22.2. The number of piperidine rings is 2. The van der Waals surface area contributed by atoms with Gasteiger partial charge in [-0.2, -0.15) is 4.98 Å². The highest BCUT2D eigenvalue weighted by atomic mass is 35.5. The molecule has 0 bridgehead atoms. The Bertz CT molecular complexity index is 2460. The third kappa shape index (κ3) is 10.1. The molecule has 1 unspecified atom stereocenters. The van der Waals surface area contributed by atoms with Crippen molar-refractivity contribution >= 4 is 82.0 Å². The van der Waals surface area contributed by atoms with Gasteiger partial charge < -0.3 is 39.5 Å². The van der Waals surface area contributed by atoms with Crippen LogP contribution in [0.3, 0.4) is 0 Å². The van der Waals surface area contributed by atoms with E-state index in [4.69, 9.17) is 16.3 Å². The second-order valence-electron chi connectivity index (χ2n) is 17.5. The number of fused-ring (bicyclic) bond motifs is 1. The van der Waals surface area contributed by atoms with Crippen LogP contribution in [0.5, 0.6) is 5.75 Å². The summed E-state index contributed by atoms with van der Waals surface area (Å²) < 4.78 is 18.8. The molecule has 5 heterocycles. The fourth-order valence-corrected chi connectivity index (χ4v) is 10.8. The van der Waals surface area contributed by atoms with Crippen molar-refractivity contribution < 1.29 is 23.7 Å². The normalized spacial score (nSPS) is 18.7. The number of anilines is 6. The van der Waals surface area contributed by atoms with E-state index in [9.17, 15) is 18.9 Å². The lowest BCUT2D eigenvalue weighted by Crippen LogP contribution is -2.53. The second kappa shape index (κ2) is 19.8. The van der Waals surface area contributed by atoms with Gasteiger partial charge in [-0.15, -0.1) is 0 Å². The Morgan fingerprint density at radius 1 is 0.953 bits per heavy atom. The number of hydrogen-bond donors (Lipinski definition) is 3. The molecule has 3 N–H and O–H groups in total. The summed E-state index contributed by atoms with van der Waals surface area (Å²) in [6.07, 6.45) is 6.54. The average molecular weight is 909 g/mol. The lowest BCUT2D eigenvalue weighted by Gasteiger charge is -2.43. The van der Waals surface area contributed by atoms with Gasteiger partial charge in [0.05, 0.1) is 24.7 Å². The van der Waals surface area contributed by atoms with Crippen molar-refractivity contribution in [2.24, 2.45) is 0 Å². The molecule has 64 heavy (non-hydrogen) atoms. The molecule has 17 heteroatoms. The maximum atomic E-state index is 12.9. The first-order chi connectivity index (χ1) is 30.9. The van der Waals surface area contributed by atoms with Gasteiger partial charge in [0.1, 0.15) is 29.7 Å². The Labute approximate surface area is 380 Å². The number of hydrogen-bond acceptors (Lipinski definition) is 14. The molecule has 0 radical (unpaired) electrons. The SMILES string of the molecule is COc1cc(N2CCC(N3CCN(CCCCN(C)c4cccc5c4CN(C4CCC(=O)NC4=O)C5=C=O)CC3)CC2)ccc1Nc1ncc(Cl)c(Nc2ccccc2P(C)(C)=O)n1. The van der Waals surface area contributed by atoms with E-state index in [0.717, 1.165) is 112 Å². The van der Waals surface area contributed by atoms with Crippen LogP contribution in [0, 0.1) is 0 Å². The monoisotopic (exact) mass is 908 g/mol. The Balaban J connectivity index is 0.777. The molecule has 2 amide bonds. The van der Waals surface area contributed by atoms with Gasteiger partial charge in [0, 0.05) is 106 Å². The van der Waals surface area contributed by atoms with E-state index in [1.165, 1.54) is 6.20 Å². The molecule has 0 aliphatic carbocycles. The zero-order valence-electron chi connectivity index (χ0n) is 37.1. The largest absolute Gasteiger partial charge is 0.494 e. The number of methoxy groups -OCH3 is 1. The molecule has 4 aliphatic rings. The fraction of sp³-hybridized carbons (Fsp3) is 0.447. The van der Waals surface area contributed by atoms with Gasteiger partial charge in [0.25, 0.3) is 0 Å². The summed E-state index contributed by atoms with van der Waals surface area (Å²) in [6.45, 7) is 12.1. The zero-order valence-corrected chi connectivity index (χ0v) is 38.8. The molecule has 15 nitrogen and oxygen atoms in total. The molecule has 338 valence electrons.